The van der Waals surface area contributed by atoms with Crippen molar-refractivity contribution >= 4 is 19.5 Å². The van der Waals surface area contributed by atoms with Gasteiger partial charge >= 0.3 is 13.9 Å². The van der Waals surface area contributed by atoms with Crippen LogP contribution in [0.2, 0.25) is 0 Å². The Morgan fingerprint density at radius 2 is 1.49 bits per heavy atom. The molecule has 0 saturated heterocycles. The predicted octanol–water partition coefficient (Wildman–Crippen LogP) is 4.85. The van der Waals surface area contributed by atoms with Gasteiger partial charge in [-0.3, -0.25) is 4.52 Å². The molecule has 0 aromatic heterocycles. The van der Waals surface area contributed by atoms with E-state index in [1.54, 1.807) is 4.90 Å². The number of nitrogens with zero attached hydrogens (tertiary/aromatic N) is 2. The van der Waals surface area contributed by atoms with Crippen molar-refractivity contribution in [3.63, 3.8) is 0 Å². The van der Waals surface area contributed by atoms with Crippen LogP contribution in [0.3, 0.4) is 0 Å². The van der Waals surface area contributed by atoms with Gasteiger partial charge in [-0.1, -0.05) is 76.5 Å². The van der Waals surface area contributed by atoms with Crippen LogP contribution in [0.5, 0.6) is 0 Å². The third-order valence-electron chi connectivity index (χ3n) is 5.24. The van der Waals surface area contributed by atoms with Crippen LogP contribution in [-0.2, 0) is 9.09 Å². The number of likely N-dealkylation sites (N-methyl/N-ethyl adjacent to an activating group) is 1. The van der Waals surface area contributed by atoms with E-state index in [1.165, 1.54) is 44.9 Å². The number of hydrogen-bond donors (Lipinski definition) is 4. The summed E-state index contributed by atoms with van der Waals surface area (Å²) < 4.78 is 15.1. The van der Waals surface area contributed by atoms with Gasteiger partial charge in [0.1, 0.15) is 13.2 Å². The molecule has 0 atom stereocenters. The van der Waals surface area contributed by atoms with Gasteiger partial charge < -0.3 is 29.6 Å². The summed E-state index contributed by atoms with van der Waals surface area (Å²) >= 11 is 0. The number of urea groups is 1. The van der Waals surface area contributed by atoms with Crippen molar-refractivity contribution < 1.29 is 33.3 Å². The molecule has 0 saturated carbocycles. The molecule has 0 spiro atoms. The topological polar surface area (TPSA) is 119 Å². The number of phosphoric acid groups is 1. The van der Waals surface area contributed by atoms with Crippen LogP contribution in [0.4, 0.5) is 10.5 Å². The third kappa shape index (κ3) is 22.7. The molecule has 0 aliphatic carbocycles. The first-order chi connectivity index (χ1) is 16.5. The first-order valence-electron chi connectivity index (χ1n) is 12.7. The van der Waals surface area contributed by atoms with Gasteiger partial charge in [-0.15, -0.1) is 0 Å². The predicted molar refractivity (Wildman–Crippen MR) is 142 cm³/mol. The van der Waals surface area contributed by atoms with E-state index in [0.29, 0.717) is 24.1 Å². The Morgan fingerprint density at radius 1 is 0.943 bits per heavy atom. The lowest BCUT2D eigenvalue weighted by atomic mass is 10.1. The number of carbonyl (C=O) groups is 1. The maximum absolute atomic E-state index is 12.3. The molecule has 0 heterocycles. The Hall–Kier alpha value is -1.48. The molecule has 9 nitrogen and oxygen atoms in total. The number of para-hydroxylation sites is 1. The van der Waals surface area contributed by atoms with E-state index >= 15 is 0 Å². The standard InChI is InChI=1S/C20H34N2O2.C5H14NO4P/c1-2-3-4-5-6-7-8-9-13-16-22(17-18-23)20(24)21-19-14-11-10-12-15-19;1-6(2,3)4-5-10-11(7,8)9/h10-12,14-15,23H,2-9,13,16-18H2,1H3,(H,21,24);4-5H2,1-3H3,(H-,7,8,9)/p+1. The number of phosphoric ester groups is 1. The van der Waals surface area contributed by atoms with E-state index in [-0.39, 0.29) is 19.2 Å². The number of nitrogens with one attached hydrogen (secondary N) is 1. The zero-order valence-corrected chi connectivity index (χ0v) is 23.1. The van der Waals surface area contributed by atoms with Crippen LogP contribution in [0.1, 0.15) is 64.7 Å². The highest BCUT2D eigenvalue weighted by Gasteiger charge is 2.16. The number of aliphatic hydroxyl groups excluding tert-OH is 1. The number of unbranched alkanes of at least 4 members (excludes halogenated alkanes) is 8. The summed E-state index contributed by atoms with van der Waals surface area (Å²) in [7, 11) is 1.50. The maximum atomic E-state index is 12.3. The molecule has 0 radical (unpaired) electrons. The molecule has 0 unspecified atom stereocenters. The fourth-order valence-corrected chi connectivity index (χ4v) is 3.53. The summed E-state index contributed by atoms with van der Waals surface area (Å²) in [6.07, 6.45) is 11.4. The summed E-state index contributed by atoms with van der Waals surface area (Å²) in [5, 5.41) is 12.1. The number of hydrogen-bond acceptors (Lipinski definition) is 4. The molecule has 35 heavy (non-hydrogen) atoms. The smallest absolute Gasteiger partial charge is 0.395 e. The molecule has 10 heteroatoms. The highest BCUT2D eigenvalue weighted by Crippen LogP contribution is 2.35. The number of amides is 2. The minimum atomic E-state index is -4.26. The molecule has 1 aromatic carbocycles. The van der Waals surface area contributed by atoms with Gasteiger partial charge in [0.15, 0.2) is 0 Å². The molecule has 204 valence electrons. The number of quaternary nitrogens is 1. The minimum absolute atomic E-state index is 0.000359. The minimum Gasteiger partial charge on any atom is -0.395 e. The second-order valence-electron chi connectivity index (χ2n) is 9.67. The fourth-order valence-electron chi connectivity index (χ4n) is 3.21. The fraction of sp³-hybridized carbons (Fsp3) is 0.720. The number of anilines is 1. The molecule has 1 aromatic rings. The lowest BCUT2D eigenvalue weighted by Crippen LogP contribution is -2.37. The molecular weight excluding hydrogens is 469 g/mol. The molecule has 4 N–H and O–H groups in total. The first-order valence-corrected chi connectivity index (χ1v) is 14.2. The molecule has 0 aliphatic rings. The van der Waals surface area contributed by atoms with E-state index in [4.69, 9.17) is 9.79 Å². The van der Waals surface area contributed by atoms with Crippen LogP contribution in [-0.4, -0.2) is 84.3 Å². The van der Waals surface area contributed by atoms with Crippen molar-refractivity contribution in [1.82, 2.24) is 4.90 Å². The summed E-state index contributed by atoms with van der Waals surface area (Å²) in [5.74, 6) is 0. The largest absolute Gasteiger partial charge is 0.469 e. The van der Waals surface area contributed by atoms with E-state index in [1.807, 2.05) is 51.5 Å². The Labute approximate surface area is 212 Å². The maximum Gasteiger partial charge on any atom is 0.469 e. The molecule has 0 bridgehead atoms. The van der Waals surface area contributed by atoms with Crippen molar-refractivity contribution in [3.8, 4) is 0 Å². The lowest BCUT2D eigenvalue weighted by Gasteiger charge is -2.23. The van der Waals surface area contributed by atoms with Gasteiger partial charge in [0, 0.05) is 18.8 Å². The summed E-state index contributed by atoms with van der Waals surface area (Å²) in [6, 6.07) is 9.32. The van der Waals surface area contributed by atoms with Gasteiger partial charge in [0.2, 0.25) is 0 Å². The first kappa shape index (κ1) is 33.5. The monoisotopic (exact) mass is 518 g/mol. The van der Waals surface area contributed by atoms with Crippen LogP contribution >= 0.6 is 7.82 Å². The van der Waals surface area contributed by atoms with E-state index < -0.39 is 7.82 Å². The normalized spacial score (nSPS) is 11.5. The second kappa shape index (κ2) is 19.7. The summed E-state index contributed by atoms with van der Waals surface area (Å²) in [4.78, 5) is 30.6. The highest BCUT2D eigenvalue weighted by molar-refractivity contribution is 7.46. The van der Waals surface area contributed by atoms with Gasteiger partial charge in [-0.25, -0.2) is 9.36 Å². The van der Waals surface area contributed by atoms with Crippen LogP contribution in [0, 0.1) is 0 Å². The van der Waals surface area contributed by atoms with Gasteiger partial charge in [-0.05, 0) is 18.6 Å². The Balaban J connectivity index is 0.000000883. The van der Waals surface area contributed by atoms with Crippen molar-refractivity contribution in [1.29, 1.82) is 0 Å². The zero-order chi connectivity index (χ0) is 26.6. The van der Waals surface area contributed by atoms with Gasteiger partial charge in [-0.2, -0.15) is 0 Å². The van der Waals surface area contributed by atoms with Crippen LogP contribution < -0.4 is 5.32 Å². The Morgan fingerprint density at radius 3 is 1.97 bits per heavy atom. The Kier molecular flexibility index (Phi) is 18.8. The average molecular weight is 519 g/mol. The Bertz CT molecular complexity index is 694. The van der Waals surface area contributed by atoms with E-state index in [9.17, 15) is 14.5 Å². The summed E-state index contributed by atoms with van der Waals surface area (Å²) in [5.41, 5.74) is 0.789. The highest BCUT2D eigenvalue weighted by atomic mass is 31.2. The van der Waals surface area contributed by atoms with Crippen LogP contribution in [0.25, 0.3) is 0 Å². The van der Waals surface area contributed by atoms with Crippen molar-refractivity contribution in [2.24, 2.45) is 0 Å². The SMILES string of the molecule is CCCCCCCCCCCN(CCO)C(=O)Nc1ccccc1.C[N+](C)(C)CCOP(=O)(O)O. The van der Waals surface area contributed by atoms with Crippen molar-refractivity contribution in [3.05, 3.63) is 30.3 Å². The average Bonchev–Trinajstić information content (AvgIpc) is 2.76. The molecule has 2 amide bonds. The van der Waals surface area contributed by atoms with Crippen molar-refractivity contribution in [2.45, 2.75) is 64.7 Å². The van der Waals surface area contributed by atoms with Crippen molar-refractivity contribution in [2.75, 3.05) is 59.3 Å². The zero-order valence-electron chi connectivity index (χ0n) is 22.2. The lowest BCUT2D eigenvalue weighted by molar-refractivity contribution is -0.870. The van der Waals surface area contributed by atoms with Crippen LogP contribution in [0.15, 0.2) is 30.3 Å². The summed E-state index contributed by atoms with van der Waals surface area (Å²) in [6.45, 7) is 3.98. The number of rotatable bonds is 17. The second-order valence-corrected chi connectivity index (χ2v) is 10.9. The van der Waals surface area contributed by atoms with E-state index in [0.717, 1.165) is 18.5 Å². The molecule has 0 aliphatic heterocycles. The molecule has 1 rings (SSSR count). The molecular formula is C25H49N3O6P+. The van der Waals surface area contributed by atoms with E-state index in [2.05, 4.69) is 16.8 Å². The van der Waals surface area contributed by atoms with Gasteiger partial charge in [0.05, 0.1) is 27.7 Å². The number of carbonyl (C=O) groups excluding carboxylic acids is 1. The van der Waals surface area contributed by atoms with Gasteiger partial charge in [0.25, 0.3) is 0 Å². The quantitative estimate of drug-likeness (QED) is 0.133. The molecule has 0 fully saturated rings. The number of benzene rings is 1. The number of aliphatic hydroxyl groups is 1. The third-order valence-corrected chi connectivity index (χ3v) is 5.75.